The summed E-state index contributed by atoms with van der Waals surface area (Å²) in [5.41, 5.74) is 5.25. The van der Waals surface area contributed by atoms with Crippen molar-refractivity contribution in [3.63, 3.8) is 0 Å². The van der Waals surface area contributed by atoms with Crippen LogP contribution in [0.4, 0.5) is 0 Å². The standard InChI is InChI=1S/C24H23ClN2O3/c1-2-29-22-11-9-18(10-12-22)15-24(28)27-26-16-19-5-4-8-23(14-19)30-17-20-6-3-7-21(25)13-20/h3-14,16H,2,15,17H2,1H3,(H,27,28)/b26-16-. The van der Waals surface area contributed by atoms with Crippen LogP contribution in [0.3, 0.4) is 0 Å². The highest BCUT2D eigenvalue weighted by atomic mass is 35.5. The highest BCUT2D eigenvalue weighted by Gasteiger charge is 2.03. The molecule has 154 valence electrons. The highest BCUT2D eigenvalue weighted by Crippen LogP contribution is 2.16. The van der Waals surface area contributed by atoms with Crippen molar-refractivity contribution in [2.75, 3.05) is 6.61 Å². The van der Waals surface area contributed by atoms with Gasteiger partial charge in [0.25, 0.3) is 0 Å². The van der Waals surface area contributed by atoms with Gasteiger partial charge in [0.1, 0.15) is 18.1 Å². The van der Waals surface area contributed by atoms with Crippen molar-refractivity contribution >= 4 is 23.7 Å². The van der Waals surface area contributed by atoms with Crippen LogP contribution in [0.25, 0.3) is 0 Å². The number of halogens is 1. The second kappa shape index (κ2) is 11.0. The zero-order valence-electron chi connectivity index (χ0n) is 16.7. The van der Waals surface area contributed by atoms with E-state index in [0.717, 1.165) is 22.4 Å². The Morgan fingerprint density at radius 3 is 2.53 bits per heavy atom. The van der Waals surface area contributed by atoms with E-state index in [0.29, 0.717) is 24.0 Å². The molecule has 0 aliphatic carbocycles. The third-order valence-electron chi connectivity index (χ3n) is 4.15. The molecule has 1 N–H and O–H groups in total. The Hall–Kier alpha value is -3.31. The highest BCUT2D eigenvalue weighted by molar-refractivity contribution is 6.30. The zero-order chi connectivity index (χ0) is 21.2. The molecule has 3 aromatic carbocycles. The number of benzene rings is 3. The number of carbonyl (C=O) groups is 1. The van der Waals surface area contributed by atoms with E-state index in [1.807, 2.05) is 79.7 Å². The molecule has 0 spiro atoms. The van der Waals surface area contributed by atoms with Gasteiger partial charge in [-0.25, -0.2) is 5.43 Å². The van der Waals surface area contributed by atoms with Crippen LogP contribution < -0.4 is 14.9 Å². The first-order valence-electron chi connectivity index (χ1n) is 9.63. The summed E-state index contributed by atoms with van der Waals surface area (Å²) in [7, 11) is 0. The number of nitrogens with zero attached hydrogens (tertiary/aromatic N) is 1. The number of hydrazone groups is 1. The monoisotopic (exact) mass is 422 g/mol. The fourth-order valence-electron chi connectivity index (χ4n) is 2.75. The second-order valence-corrected chi connectivity index (χ2v) is 6.97. The number of amides is 1. The van der Waals surface area contributed by atoms with E-state index in [2.05, 4.69) is 10.5 Å². The van der Waals surface area contributed by atoms with Crippen LogP contribution >= 0.6 is 11.6 Å². The Balaban J connectivity index is 1.49. The van der Waals surface area contributed by atoms with Crippen LogP contribution in [0.15, 0.2) is 77.9 Å². The van der Waals surface area contributed by atoms with E-state index in [4.69, 9.17) is 21.1 Å². The quantitative estimate of drug-likeness (QED) is 0.389. The van der Waals surface area contributed by atoms with Crippen LogP contribution in [0.2, 0.25) is 5.02 Å². The topological polar surface area (TPSA) is 59.9 Å². The van der Waals surface area contributed by atoms with Crippen LogP contribution in [-0.4, -0.2) is 18.7 Å². The summed E-state index contributed by atoms with van der Waals surface area (Å²) in [5.74, 6) is 1.31. The molecule has 3 aromatic rings. The van der Waals surface area contributed by atoms with E-state index in [1.165, 1.54) is 0 Å². The maximum atomic E-state index is 12.1. The fraction of sp³-hybridized carbons (Fsp3) is 0.167. The Kier molecular flexibility index (Phi) is 7.86. The molecule has 0 radical (unpaired) electrons. The van der Waals surface area contributed by atoms with Crippen LogP contribution in [0.1, 0.15) is 23.6 Å². The molecule has 1 amide bonds. The summed E-state index contributed by atoms with van der Waals surface area (Å²) in [6.07, 6.45) is 1.83. The lowest BCUT2D eigenvalue weighted by molar-refractivity contribution is -0.120. The minimum Gasteiger partial charge on any atom is -0.494 e. The van der Waals surface area contributed by atoms with Crippen molar-refractivity contribution in [3.8, 4) is 11.5 Å². The Bertz CT molecular complexity index is 1000. The molecular weight excluding hydrogens is 400 g/mol. The number of nitrogens with one attached hydrogen (secondary N) is 1. The van der Waals surface area contributed by atoms with Gasteiger partial charge in [0.2, 0.25) is 5.91 Å². The molecule has 0 aliphatic heterocycles. The lowest BCUT2D eigenvalue weighted by Crippen LogP contribution is -2.19. The first-order chi connectivity index (χ1) is 14.6. The van der Waals surface area contributed by atoms with Gasteiger partial charge in [0.05, 0.1) is 19.2 Å². The lowest BCUT2D eigenvalue weighted by atomic mass is 10.1. The summed E-state index contributed by atoms with van der Waals surface area (Å²) in [5, 5.41) is 4.71. The molecule has 0 atom stereocenters. The minimum absolute atomic E-state index is 0.191. The third kappa shape index (κ3) is 6.94. The van der Waals surface area contributed by atoms with Gasteiger partial charge in [-0.2, -0.15) is 5.10 Å². The molecule has 0 aliphatic rings. The molecular formula is C24H23ClN2O3. The van der Waals surface area contributed by atoms with Crippen molar-refractivity contribution < 1.29 is 14.3 Å². The normalized spacial score (nSPS) is 10.7. The van der Waals surface area contributed by atoms with Crippen LogP contribution in [0, 0.1) is 0 Å². The van der Waals surface area contributed by atoms with Gasteiger partial charge in [-0.15, -0.1) is 0 Å². The maximum Gasteiger partial charge on any atom is 0.244 e. The maximum absolute atomic E-state index is 12.1. The zero-order valence-corrected chi connectivity index (χ0v) is 17.4. The summed E-state index contributed by atoms with van der Waals surface area (Å²) in [6, 6.07) is 22.5. The number of ether oxygens (including phenoxy) is 2. The van der Waals surface area contributed by atoms with Crippen molar-refractivity contribution in [1.82, 2.24) is 5.43 Å². The molecule has 0 aromatic heterocycles. The molecule has 0 saturated heterocycles. The smallest absolute Gasteiger partial charge is 0.244 e. The average Bonchev–Trinajstić information content (AvgIpc) is 2.74. The molecule has 0 heterocycles. The first-order valence-corrected chi connectivity index (χ1v) is 10.0. The molecule has 0 fully saturated rings. The number of hydrogen-bond donors (Lipinski definition) is 1. The van der Waals surface area contributed by atoms with Crippen molar-refractivity contribution in [2.24, 2.45) is 5.10 Å². The summed E-state index contributed by atoms with van der Waals surface area (Å²) in [6.45, 7) is 2.96. The summed E-state index contributed by atoms with van der Waals surface area (Å²) in [4.78, 5) is 12.1. The van der Waals surface area contributed by atoms with Gasteiger partial charge >= 0.3 is 0 Å². The predicted molar refractivity (Wildman–Crippen MR) is 119 cm³/mol. The molecule has 0 bridgehead atoms. The van der Waals surface area contributed by atoms with Gasteiger partial charge < -0.3 is 9.47 Å². The molecule has 0 saturated carbocycles. The molecule has 3 rings (SSSR count). The van der Waals surface area contributed by atoms with E-state index < -0.39 is 0 Å². The van der Waals surface area contributed by atoms with E-state index in [9.17, 15) is 4.79 Å². The first kappa shape index (κ1) is 21.4. The van der Waals surface area contributed by atoms with E-state index in [1.54, 1.807) is 6.21 Å². The van der Waals surface area contributed by atoms with Gasteiger partial charge in [0.15, 0.2) is 0 Å². The average molecular weight is 423 g/mol. The number of hydrogen-bond acceptors (Lipinski definition) is 4. The lowest BCUT2D eigenvalue weighted by Gasteiger charge is -2.07. The molecule has 30 heavy (non-hydrogen) atoms. The Morgan fingerprint density at radius 2 is 1.77 bits per heavy atom. The molecule has 5 nitrogen and oxygen atoms in total. The minimum atomic E-state index is -0.191. The Morgan fingerprint density at radius 1 is 0.967 bits per heavy atom. The second-order valence-electron chi connectivity index (χ2n) is 6.54. The van der Waals surface area contributed by atoms with Crippen molar-refractivity contribution in [2.45, 2.75) is 20.0 Å². The van der Waals surface area contributed by atoms with Crippen molar-refractivity contribution in [3.05, 3.63) is 94.5 Å². The largest absolute Gasteiger partial charge is 0.494 e. The number of carbonyl (C=O) groups excluding carboxylic acids is 1. The Labute approximate surface area is 181 Å². The van der Waals surface area contributed by atoms with Gasteiger partial charge in [0, 0.05) is 5.02 Å². The summed E-state index contributed by atoms with van der Waals surface area (Å²) < 4.78 is 11.2. The SMILES string of the molecule is CCOc1ccc(CC(=O)N/N=C\c2cccc(OCc3cccc(Cl)c3)c2)cc1. The van der Waals surface area contributed by atoms with Crippen LogP contribution in [0.5, 0.6) is 11.5 Å². The van der Waals surface area contributed by atoms with Crippen molar-refractivity contribution in [1.29, 1.82) is 0 Å². The van der Waals surface area contributed by atoms with Gasteiger partial charge in [-0.3, -0.25) is 4.79 Å². The summed E-state index contributed by atoms with van der Waals surface area (Å²) >= 11 is 5.99. The fourth-order valence-corrected chi connectivity index (χ4v) is 2.96. The third-order valence-corrected chi connectivity index (χ3v) is 4.39. The molecule has 0 unspecified atom stereocenters. The van der Waals surface area contributed by atoms with Gasteiger partial charge in [-0.1, -0.05) is 48.0 Å². The van der Waals surface area contributed by atoms with E-state index in [-0.39, 0.29) is 12.3 Å². The number of rotatable bonds is 9. The van der Waals surface area contributed by atoms with Gasteiger partial charge in [-0.05, 0) is 60.0 Å². The van der Waals surface area contributed by atoms with E-state index >= 15 is 0 Å². The van der Waals surface area contributed by atoms with Crippen LogP contribution in [-0.2, 0) is 17.8 Å². The molecule has 6 heteroatoms. The predicted octanol–water partition coefficient (Wildman–Crippen LogP) is 5.01.